The number of anilines is 1. The lowest BCUT2D eigenvalue weighted by Gasteiger charge is -2.16. The largest absolute Gasteiger partial charge is 0.394 e. The fourth-order valence-corrected chi connectivity index (χ4v) is 1.98. The van der Waals surface area contributed by atoms with Gasteiger partial charge in [-0.15, -0.1) is 0 Å². The molecule has 1 aromatic rings. The predicted molar refractivity (Wildman–Crippen MR) is 66.0 cm³/mol. The molecule has 0 aliphatic carbocycles. The van der Waals surface area contributed by atoms with E-state index in [-0.39, 0.29) is 26.4 Å². The van der Waals surface area contributed by atoms with E-state index in [0.29, 0.717) is 16.3 Å². The maximum Gasteiger partial charge on any atom is 0.299 e. The van der Waals surface area contributed by atoms with Gasteiger partial charge in [-0.2, -0.15) is 0 Å². The molecule has 1 aliphatic heterocycles. The van der Waals surface area contributed by atoms with E-state index >= 15 is 0 Å². The van der Waals surface area contributed by atoms with E-state index in [9.17, 15) is 9.59 Å². The molecule has 1 aliphatic rings. The second-order valence-corrected chi connectivity index (χ2v) is 4.22. The van der Waals surface area contributed by atoms with E-state index in [4.69, 9.17) is 21.4 Å². The normalized spacial score (nSPS) is 14.2. The van der Waals surface area contributed by atoms with Crippen molar-refractivity contribution in [2.45, 2.75) is 0 Å². The highest BCUT2D eigenvalue weighted by molar-refractivity contribution is 6.52. The SMILES string of the molecule is O=C1C(=O)N(CCOCCO)c2cc(Cl)ccc21. The molecule has 0 saturated heterocycles. The number of aliphatic hydroxyl groups excluding tert-OH is 1. The highest BCUT2D eigenvalue weighted by Gasteiger charge is 2.35. The molecule has 0 unspecified atom stereocenters. The van der Waals surface area contributed by atoms with Crippen molar-refractivity contribution >= 4 is 29.0 Å². The van der Waals surface area contributed by atoms with Crippen molar-refractivity contribution in [1.29, 1.82) is 0 Å². The van der Waals surface area contributed by atoms with Crippen LogP contribution in [-0.2, 0) is 9.53 Å². The van der Waals surface area contributed by atoms with Crippen LogP contribution in [0.3, 0.4) is 0 Å². The summed E-state index contributed by atoms with van der Waals surface area (Å²) in [5.74, 6) is -1.09. The molecule has 1 N–H and O–H groups in total. The average Bonchev–Trinajstić information content (AvgIpc) is 2.59. The molecule has 0 radical (unpaired) electrons. The standard InChI is InChI=1S/C12H12ClNO4/c13-8-1-2-9-10(7-8)14(12(17)11(9)16)3-5-18-6-4-15/h1-2,7,15H,3-6H2. The van der Waals surface area contributed by atoms with E-state index in [1.165, 1.54) is 4.90 Å². The van der Waals surface area contributed by atoms with Crippen LogP contribution in [0.25, 0.3) is 0 Å². The number of hydrogen-bond donors (Lipinski definition) is 1. The number of ether oxygens (including phenoxy) is 1. The van der Waals surface area contributed by atoms with Crippen LogP contribution >= 0.6 is 11.6 Å². The van der Waals surface area contributed by atoms with Crippen molar-refractivity contribution in [1.82, 2.24) is 0 Å². The van der Waals surface area contributed by atoms with Gasteiger partial charge in [-0.25, -0.2) is 0 Å². The fraction of sp³-hybridized carbons (Fsp3) is 0.333. The molecule has 2 rings (SSSR count). The third-order valence-corrected chi connectivity index (χ3v) is 2.86. The lowest BCUT2D eigenvalue weighted by molar-refractivity contribution is -0.114. The van der Waals surface area contributed by atoms with Crippen LogP contribution in [0.1, 0.15) is 10.4 Å². The van der Waals surface area contributed by atoms with Crippen molar-refractivity contribution in [2.24, 2.45) is 0 Å². The number of Topliss-reactive ketones (excluding diaryl/α,β-unsaturated/α-hetero) is 1. The molecule has 0 aromatic heterocycles. The van der Waals surface area contributed by atoms with Gasteiger partial charge in [-0.3, -0.25) is 9.59 Å². The van der Waals surface area contributed by atoms with Crippen LogP contribution in [0, 0.1) is 0 Å². The minimum atomic E-state index is -0.570. The first kappa shape index (κ1) is 13.0. The zero-order valence-electron chi connectivity index (χ0n) is 9.56. The fourth-order valence-electron chi connectivity index (χ4n) is 1.81. The minimum absolute atomic E-state index is 0.0741. The summed E-state index contributed by atoms with van der Waals surface area (Å²) in [6.07, 6.45) is 0. The summed E-state index contributed by atoms with van der Waals surface area (Å²) in [6.45, 7) is 0.650. The van der Waals surface area contributed by atoms with Crippen molar-refractivity contribution in [3.8, 4) is 0 Å². The Balaban J connectivity index is 2.14. The molecule has 0 bridgehead atoms. The van der Waals surface area contributed by atoms with Crippen molar-refractivity contribution in [3.63, 3.8) is 0 Å². The quantitative estimate of drug-likeness (QED) is 0.636. The summed E-state index contributed by atoms with van der Waals surface area (Å²) < 4.78 is 5.09. The van der Waals surface area contributed by atoms with Gasteiger partial charge in [0.15, 0.2) is 0 Å². The van der Waals surface area contributed by atoms with E-state index in [0.717, 1.165) is 0 Å². The third-order valence-electron chi connectivity index (χ3n) is 2.63. The van der Waals surface area contributed by atoms with Crippen molar-refractivity contribution in [2.75, 3.05) is 31.3 Å². The van der Waals surface area contributed by atoms with Gasteiger partial charge in [-0.1, -0.05) is 11.6 Å². The second-order valence-electron chi connectivity index (χ2n) is 3.78. The molecular formula is C12H12ClNO4. The number of fused-ring (bicyclic) bond motifs is 1. The van der Waals surface area contributed by atoms with Gasteiger partial charge in [0.25, 0.3) is 11.7 Å². The van der Waals surface area contributed by atoms with E-state index in [1.807, 2.05) is 0 Å². The van der Waals surface area contributed by atoms with Gasteiger partial charge in [0.05, 0.1) is 31.1 Å². The van der Waals surface area contributed by atoms with Crippen molar-refractivity contribution in [3.05, 3.63) is 28.8 Å². The Hall–Kier alpha value is -1.43. The molecule has 1 aromatic carbocycles. The smallest absolute Gasteiger partial charge is 0.299 e. The summed E-state index contributed by atoms with van der Waals surface area (Å²) in [4.78, 5) is 24.8. The average molecular weight is 270 g/mol. The van der Waals surface area contributed by atoms with Gasteiger partial charge in [0.1, 0.15) is 0 Å². The van der Waals surface area contributed by atoms with Crippen LogP contribution in [-0.4, -0.2) is 43.2 Å². The molecule has 1 amide bonds. The predicted octanol–water partition coefficient (Wildman–Crippen LogP) is 0.878. The van der Waals surface area contributed by atoms with Crippen LogP contribution in [0.2, 0.25) is 5.02 Å². The summed E-state index contributed by atoms with van der Waals surface area (Å²) in [7, 11) is 0. The first-order valence-electron chi connectivity index (χ1n) is 5.49. The molecule has 1 heterocycles. The molecule has 0 atom stereocenters. The van der Waals surface area contributed by atoms with E-state index in [2.05, 4.69) is 0 Å². The second kappa shape index (κ2) is 5.48. The highest BCUT2D eigenvalue weighted by Crippen LogP contribution is 2.31. The van der Waals surface area contributed by atoms with Gasteiger partial charge >= 0.3 is 0 Å². The molecule has 0 saturated carbocycles. The number of amides is 1. The van der Waals surface area contributed by atoms with E-state index in [1.54, 1.807) is 18.2 Å². The molecular weight excluding hydrogens is 258 g/mol. The molecule has 5 nitrogen and oxygen atoms in total. The molecule has 18 heavy (non-hydrogen) atoms. The number of nitrogens with zero attached hydrogens (tertiary/aromatic N) is 1. The van der Waals surface area contributed by atoms with Crippen molar-refractivity contribution < 1.29 is 19.4 Å². The number of carbonyl (C=O) groups excluding carboxylic acids is 2. The molecule has 0 spiro atoms. The topological polar surface area (TPSA) is 66.8 Å². The third kappa shape index (κ3) is 2.38. The number of halogens is 1. The van der Waals surface area contributed by atoms with Crippen LogP contribution < -0.4 is 4.90 Å². The monoisotopic (exact) mass is 269 g/mol. The van der Waals surface area contributed by atoms with E-state index < -0.39 is 11.7 Å². The minimum Gasteiger partial charge on any atom is -0.394 e. The van der Waals surface area contributed by atoms with Gasteiger partial charge < -0.3 is 14.7 Å². The van der Waals surface area contributed by atoms with Crippen LogP contribution in [0.15, 0.2) is 18.2 Å². The summed E-state index contributed by atoms with van der Waals surface area (Å²) in [5.41, 5.74) is 0.886. The maximum atomic E-state index is 11.8. The summed E-state index contributed by atoms with van der Waals surface area (Å²) in [5, 5.41) is 9.04. The Bertz CT molecular complexity index is 489. The highest BCUT2D eigenvalue weighted by atomic mass is 35.5. The number of carbonyl (C=O) groups is 2. The Labute approximate surface area is 109 Å². The number of rotatable bonds is 5. The Morgan fingerprint density at radius 3 is 2.78 bits per heavy atom. The molecule has 0 fully saturated rings. The summed E-state index contributed by atoms with van der Waals surface area (Å²) >= 11 is 5.85. The van der Waals surface area contributed by atoms with Crippen LogP contribution in [0.5, 0.6) is 0 Å². The Morgan fingerprint density at radius 2 is 2.06 bits per heavy atom. The van der Waals surface area contributed by atoms with Gasteiger partial charge in [0, 0.05) is 11.6 Å². The number of ketones is 1. The lowest BCUT2D eigenvalue weighted by Crippen LogP contribution is -2.33. The lowest BCUT2D eigenvalue weighted by atomic mass is 10.1. The molecule has 6 heteroatoms. The van der Waals surface area contributed by atoms with Gasteiger partial charge in [0.2, 0.25) is 0 Å². The number of hydrogen-bond acceptors (Lipinski definition) is 4. The Kier molecular flexibility index (Phi) is 3.96. The van der Waals surface area contributed by atoms with Crippen LogP contribution in [0.4, 0.5) is 5.69 Å². The molecule has 96 valence electrons. The zero-order valence-corrected chi connectivity index (χ0v) is 10.3. The summed E-state index contributed by atoms with van der Waals surface area (Å²) in [6, 6.07) is 4.72. The zero-order chi connectivity index (χ0) is 13.1. The first-order valence-corrected chi connectivity index (χ1v) is 5.87. The van der Waals surface area contributed by atoms with Gasteiger partial charge in [-0.05, 0) is 18.2 Å². The maximum absolute atomic E-state index is 11.8. The first-order chi connectivity index (χ1) is 8.65. The number of aliphatic hydroxyl groups is 1. The number of benzene rings is 1. The Morgan fingerprint density at radius 1 is 1.28 bits per heavy atom.